The second kappa shape index (κ2) is 5.59. The van der Waals surface area contributed by atoms with Crippen molar-refractivity contribution in [3.63, 3.8) is 0 Å². The minimum absolute atomic E-state index is 1.31. The zero-order valence-electron chi connectivity index (χ0n) is 7.68. The highest BCUT2D eigenvalue weighted by molar-refractivity contribution is 4.76. The molecule has 0 N–H and O–H groups in total. The van der Waals surface area contributed by atoms with Gasteiger partial charge in [-0.05, 0) is 45.3 Å². The van der Waals surface area contributed by atoms with Crippen molar-refractivity contribution in [3.8, 4) is 0 Å². The summed E-state index contributed by atoms with van der Waals surface area (Å²) in [6.07, 6.45) is 9.19. The Morgan fingerprint density at radius 2 is 1.91 bits per heavy atom. The average Bonchev–Trinajstić information content (AvgIpc) is 2.07. The summed E-state index contributed by atoms with van der Waals surface area (Å²) >= 11 is 0. The predicted molar refractivity (Wildman–Crippen MR) is 49.5 cm³/mol. The SMILES string of the molecule is CCCCCN1CC[CH]CC1. The van der Waals surface area contributed by atoms with Gasteiger partial charge in [-0.25, -0.2) is 0 Å². The van der Waals surface area contributed by atoms with Gasteiger partial charge in [0, 0.05) is 0 Å². The van der Waals surface area contributed by atoms with Crippen LogP contribution in [0.2, 0.25) is 0 Å². The van der Waals surface area contributed by atoms with Crippen molar-refractivity contribution in [2.45, 2.75) is 39.0 Å². The number of likely N-dealkylation sites (tertiary alicyclic amines) is 1. The van der Waals surface area contributed by atoms with Gasteiger partial charge in [-0.1, -0.05) is 19.8 Å². The summed E-state index contributed by atoms with van der Waals surface area (Å²) in [6, 6.07) is 0. The normalized spacial score (nSPS) is 20.5. The van der Waals surface area contributed by atoms with Gasteiger partial charge in [-0.3, -0.25) is 0 Å². The molecule has 1 aliphatic rings. The molecule has 0 aliphatic carbocycles. The minimum Gasteiger partial charge on any atom is -0.303 e. The molecule has 0 aromatic carbocycles. The summed E-state index contributed by atoms with van der Waals surface area (Å²) in [5.41, 5.74) is 0. The maximum atomic E-state index is 2.59. The van der Waals surface area contributed by atoms with E-state index in [9.17, 15) is 0 Å². The Morgan fingerprint density at radius 3 is 2.55 bits per heavy atom. The van der Waals surface area contributed by atoms with Gasteiger partial charge in [0.15, 0.2) is 0 Å². The van der Waals surface area contributed by atoms with E-state index in [-0.39, 0.29) is 0 Å². The van der Waals surface area contributed by atoms with E-state index >= 15 is 0 Å². The first-order valence-corrected chi connectivity index (χ1v) is 4.97. The van der Waals surface area contributed by atoms with Crippen LogP contribution in [0, 0.1) is 6.42 Å². The van der Waals surface area contributed by atoms with Gasteiger partial charge >= 0.3 is 0 Å². The van der Waals surface area contributed by atoms with Crippen molar-refractivity contribution in [3.05, 3.63) is 6.42 Å². The van der Waals surface area contributed by atoms with Crippen molar-refractivity contribution in [1.82, 2.24) is 4.90 Å². The topological polar surface area (TPSA) is 3.24 Å². The Hall–Kier alpha value is -0.0400. The zero-order chi connectivity index (χ0) is 7.94. The standard InChI is InChI=1S/C10H20N/c1-2-3-5-8-11-9-6-4-7-10-11/h4H,2-3,5-10H2,1H3. The van der Waals surface area contributed by atoms with E-state index in [0.29, 0.717) is 0 Å². The van der Waals surface area contributed by atoms with Crippen molar-refractivity contribution in [2.24, 2.45) is 0 Å². The quantitative estimate of drug-likeness (QED) is 0.562. The largest absolute Gasteiger partial charge is 0.303 e. The Balaban J connectivity index is 1.96. The lowest BCUT2D eigenvalue weighted by Gasteiger charge is -2.25. The monoisotopic (exact) mass is 154 g/mol. The van der Waals surface area contributed by atoms with Crippen LogP contribution < -0.4 is 0 Å². The van der Waals surface area contributed by atoms with Gasteiger partial charge in [0.1, 0.15) is 0 Å². The average molecular weight is 154 g/mol. The number of hydrogen-bond acceptors (Lipinski definition) is 1. The third-order valence-corrected chi connectivity index (χ3v) is 2.38. The second-order valence-electron chi connectivity index (χ2n) is 3.41. The van der Waals surface area contributed by atoms with E-state index in [0.717, 1.165) is 0 Å². The van der Waals surface area contributed by atoms with E-state index in [2.05, 4.69) is 18.2 Å². The fraction of sp³-hybridized carbons (Fsp3) is 0.900. The van der Waals surface area contributed by atoms with Crippen LogP contribution in [-0.4, -0.2) is 24.5 Å². The van der Waals surface area contributed by atoms with Gasteiger partial charge in [-0.2, -0.15) is 0 Å². The molecule has 0 saturated carbocycles. The molecule has 0 aromatic rings. The fourth-order valence-electron chi connectivity index (χ4n) is 1.61. The van der Waals surface area contributed by atoms with E-state index in [1.807, 2.05) is 0 Å². The molecular weight excluding hydrogens is 134 g/mol. The molecule has 0 unspecified atom stereocenters. The molecule has 1 radical (unpaired) electrons. The van der Waals surface area contributed by atoms with Crippen LogP contribution in [0.25, 0.3) is 0 Å². The molecule has 1 heteroatoms. The van der Waals surface area contributed by atoms with Crippen molar-refractivity contribution in [1.29, 1.82) is 0 Å². The summed E-state index contributed by atoms with van der Waals surface area (Å²) in [6.45, 7) is 6.22. The van der Waals surface area contributed by atoms with Gasteiger partial charge in [0.2, 0.25) is 0 Å². The molecule has 0 aromatic heterocycles. The molecule has 0 bridgehead atoms. The summed E-state index contributed by atoms with van der Waals surface area (Å²) in [5.74, 6) is 0. The first-order valence-electron chi connectivity index (χ1n) is 4.97. The molecule has 1 saturated heterocycles. The highest BCUT2D eigenvalue weighted by Gasteiger charge is 2.08. The number of unbranched alkanes of at least 4 members (excludes halogenated alkanes) is 2. The molecular formula is C10H20N. The van der Waals surface area contributed by atoms with Crippen molar-refractivity contribution >= 4 is 0 Å². The maximum Gasteiger partial charge on any atom is -0.00160 e. The Labute approximate surface area is 70.8 Å². The lowest BCUT2D eigenvalue weighted by atomic mass is 10.1. The van der Waals surface area contributed by atoms with Gasteiger partial charge in [-0.15, -0.1) is 0 Å². The second-order valence-corrected chi connectivity index (χ2v) is 3.41. The lowest BCUT2D eigenvalue weighted by molar-refractivity contribution is 0.249. The summed E-state index contributed by atoms with van der Waals surface area (Å²) in [5, 5.41) is 0. The van der Waals surface area contributed by atoms with E-state index < -0.39 is 0 Å². The summed E-state index contributed by atoms with van der Waals surface area (Å²) in [4.78, 5) is 2.59. The van der Waals surface area contributed by atoms with Crippen LogP contribution in [0.3, 0.4) is 0 Å². The molecule has 1 aliphatic heterocycles. The molecule has 1 rings (SSSR count). The number of piperidine rings is 1. The third kappa shape index (κ3) is 3.76. The number of hydrogen-bond donors (Lipinski definition) is 0. The van der Waals surface area contributed by atoms with Crippen molar-refractivity contribution in [2.75, 3.05) is 19.6 Å². The summed E-state index contributed by atoms with van der Waals surface area (Å²) in [7, 11) is 0. The maximum absolute atomic E-state index is 2.59. The lowest BCUT2D eigenvalue weighted by Crippen LogP contribution is -2.30. The molecule has 1 nitrogen and oxygen atoms in total. The van der Waals surface area contributed by atoms with Crippen molar-refractivity contribution < 1.29 is 0 Å². The molecule has 11 heavy (non-hydrogen) atoms. The molecule has 0 spiro atoms. The predicted octanol–water partition coefficient (Wildman–Crippen LogP) is 2.48. The third-order valence-electron chi connectivity index (χ3n) is 2.38. The highest BCUT2D eigenvalue weighted by atomic mass is 15.1. The van der Waals surface area contributed by atoms with Crippen LogP contribution in [0.1, 0.15) is 39.0 Å². The molecule has 65 valence electrons. The number of nitrogens with zero attached hydrogens (tertiary/aromatic N) is 1. The van der Waals surface area contributed by atoms with Crippen LogP contribution in [-0.2, 0) is 0 Å². The first kappa shape index (κ1) is 9.05. The number of rotatable bonds is 4. The Bertz CT molecular complexity index is 84.9. The van der Waals surface area contributed by atoms with E-state index in [1.54, 1.807) is 0 Å². The van der Waals surface area contributed by atoms with Crippen LogP contribution in [0.15, 0.2) is 0 Å². The summed E-state index contributed by atoms with van der Waals surface area (Å²) < 4.78 is 0. The Morgan fingerprint density at radius 1 is 1.18 bits per heavy atom. The van der Waals surface area contributed by atoms with E-state index in [1.165, 1.54) is 51.7 Å². The molecule has 1 heterocycles. The van der Waals surface area contributed by atoms with E-state index in [4.69, 9.17) is 0 Å². The van der Waals surface area contributed by atoms with Crippen LogP contribution in [0.4, 0.5) is 0 Å². The fourth-order valence-corrected chi connectivity index (χ4v) is 1.61. The van der Waals surface area contributed by atoms with Gasteiger partial charge < -0.3 is 4.90 Å². The van der Waals surface area contributed by atoms with Crippen LogP contribution >= 0.6 is 0 Å². The Kier molecular flexibility index (Phi) is 4.60. The molecule has 0 atom stereocenters. The molecule has 0 amide bonds. The zero-order valence-corrected chi connectivity index (χ0v) is 7.68. The van der Waals surface area contributed by atoms with Gasteiger partial charge in [0.25, 0.3) is 0 Å². The smallest absolute Gasteiger partial charge is 0.00160 e. The first-order chi connectivity index (χ1) is 5.43. The highest BCUT2D eigenvalue weighted by Crippen LogP contribution is 2.08. The minimum atomic E-state index is 1.31. The van der Waals surface area contributed by atoms with Crippen LogP contribution in [0.5, 0.6) is 0 Å². The van der Waals surface area contributed by atoms with Gasteiger partial charge in [0.05, 0.1) is 0 Å². The molecule has 1 fully saturated rings.